The van der Waals surface area contributed by atoms with E-state index in [0.717, 1.165) is 0 Å². The zero-order valence-corrected chi connectivity index (χ0v) is 28.4. The molecule has 0 spiro atoms. The summed E-state index contributed by atoms with van der Waals surface area (Å²) in [6.45, 7) is 7.30. The zero-order chi connectivity index (χ0) is 36.5. The van der Waals surface area contributed by atoms with Crippen molar-refractivity contribution >= 4 is 39.4 Å². The summed E-state index contributed by atoms with van der Waals surface area (Å²) in [5, 5.41) is -5.84. The first-order chi connectivity index (χ1) is 22.0. The lowest BCUT2D eigenvalue weighted by atomic mass is 9.47. The summed E-state index contributed by atoms with van der Waals surface area (Å²) in [5.74, 6) is -2.83. The number of fused-ring (bicyclic) bond motifs is 3. The molecule has 0 heterocycles. The molecule has 0 aromatic carbocycles. The van der Waals surface area contributed by atoms with E-state index in [4.69, 9.17) is 9.29 Å². The van der Waals surface area contributed by atoms with E-state index in [-0.39, 0.29) is 65.2 Å². The standard InChI is InChI=1S/C32H45F5O10S/c1-5-19(38)12-14-29(3)15-13-23(39)27-21-10-9-20(30(21,4)24(40)17-22(27)29)18(2)8-11-25(41)46-16-6-7-26(42)47-28(31(33,34)35)32(36,37)48(43,44)45/h18,20-22,27-28H,5-17H2,1-4H3,(H,43,44,45)/t18-,20?,21+,22+,27+,28?,29?,30-/m1/s1. The lowest BCUT2D eigenvalue weighted by Crippen LogP contribution is -2.56. The number of Topliss-reactive ketones (excluding diaryl/α,β-unsaturated/α-hetero) is 3. The minimum absolute atomic E-state index is 0.0811. The van der Waals surface area contributed by atoms with E-state index in [1.807, 2.05) is 20.8 Å². The normalized spacial score (nSPS) is 30.6. The van der Waals surface area contributed by atoms with Crippen LogP contribution >= 0.6 is 0 Å². The average molecular weight is 717 g/mol. The Balaban J connectivity index is 1.53. The second-order valence-electron chi connectivity index (χ2n) is 14.1. The molecule has 3 aliphatic carbocycles. The summed E-state index contributed by atoms with van der Waals surface area (Å²) < 4.78 is 105. The smallest absolute Gasteiger partial charge is 0.432 e. The lowest BCUT2D eigenvalue weighted by Gasteiger charge is -2.55. The molecular weight excluding hydrogens is 671 g/mol. The second kappa shape index (κ2) is 14.8. The molecule has 1 N–H and O–H groups in total. The van der Waals surface area contributed by atoms with Crippen LogP contribution in [0, 0.1) is 40.4 Å². The van der Waals surface area contributed by atoms with Crippen molar-refractivity contribution in [2.24, 2.45) is 40.4 Å². The summed E-state index contributed by atoms with van der Waals surface area (Å²) in [4.78, 5) is 63.5. The number of alkyl halides is 5. The summed E-state index contributed by atoms with van der Waals surface area (Å²) in [7, 11) is -6.56. The van der Waals surface area contributed by atoms with Crippen LogP contribution in [-0.4, -0.2) is 66.4 Å². The number of esters is 2. The van der Waals surface area contributed by atoms with Gasteiger partial charge in [-0.3, -0.25) is 28.5 Å². The fraction of sp³-hybridized carbons (Fsp3) is 0.844. The van der Waals surface area contributed by atoms with Gasteiger partial charge >= 0.3 is 33.5 Å². The molecule has 0 aromatic heterocycles. The summed E-state index contributed by atoms with van der Waals surface area (Å²) in [6, 6.07) is 0. The maximum Gasteiger partial charge on any atom is 0.432 e. The highest BCUT2D eigenvalue weighted by Crippen LogP contribution is 2.64. The zero-order valence-electron chi connectivity index (χ0n) is 27.6. The van der Waals surface area contributed by atoms with E-state index in [0.29, 0.717) is 51.4 Å². The summed E-state index contributed by atoms with van der Waals surface area (Å²) in [6.07, 6.45) is -7.28. The van der Waals surface area contributed by atoms with Crippen molar-refractivity contribution in [2.45, 2.75) is 122 Å². The van der Waals surface area contributed by atoms with Gasteiger partial charge in [0.15, 0.2) is 0 Å². The number of halogens is 5. The van der Waals surface area contributed by atoms with Crippen LogP contribution in [0.5, 0.6) is 0 Å². The van der Waals surface area contributed by atoms with Crippen LogP contribution < -0.4 is 0 Å². The number of carbonyl (C=O) groups excluding carboxylic acids is 5. The van der Waals surface area contributed by atoms with Gasteiger partial charge in [-0.15, -0.1) is 0 Å². The minimum atomic E-state index is -6.56. The third-order valence-electron chi connectivity index (χ3n) is 11.3. The predicted molar refractivity (Wildman–Crippen MR) is 159 cm³/mol. The predicted octanol–water partition coefficient (Wildman–Crippen LogP) is 6.05. The molecule has 3 aliphatic rings. The highest BCUT2D eigenvalue weighted by molar-refractivity contribution is 7.86. The molecule has 3 saturated carbocycles. The Morgan fingerprint density at radius 1 is 1.00 bits per heavy atom. The van der Waals surface area contributed by atoms with Gasteiger partial charge in [0, 0.05) is 49.9 Å². The maximum atomic E-state index is 13.9. The van der Waals surface area contributed by atoms with Crippen molar-refractivity contribution < 1.29 is 68.4 Å². The third-order valence-corrected chi connectivity index (χ3v) is 12.2. The van der Waals surface area contributed by atoms with Crippen molar-refractivity contribution in [3.8, 4) is 0 Å². The molecule has 16 heteroatoms. The fourth-order valence-corrected chi connectivity index (χ4v) is 8.83. The first kappa shape index (κ1) is 39.9. The largest absolute Gasteiger partial charge is 0.466 e. The van der Waals surface area contributed by atoms with E-state index in [1.54, 1.807) is 0 Å². The van der Waals surface area contributed by atoms with Crippen LogP contribution in [0.15, 0.2) is 0 Å². The molecule has 8 atom stereocenters. The van der Waals surface area contributed by atoms with E-state index in [9.17, 15) is 54.3 Å². The molecule has 3 rings (SSSR count). The fourth-order valence-electron chi connectivity index (χ4n) is 8.38. The van der Waals surface area contributed by atoms with Gasteiger partial charge in [-0.05, 0) is 67.6 Å². The molecule has 0 aliphatic heterocycles. The van der Waals surface area contributed by atoms with Gasteiger partial charge in [-0.25, -0.2) is 0 Å². The number of hydrogen-bond donors (Lipinski definition) is 1. The van der Waals surface area contributed by atoms with Gasteiger partial charge < -0.3 is 9.47 Å². The summed E-state index contributed by atoms with van der Waals surface area (Å²) >= 11 is 0. The molecule has 0 saturated heterocycles. The highest BCUT2D eigenvalue weighted by atomic mass is 32.2. The van der Waals surface area contributed by atoms with Crippen LogP contribution in [-0.2, 0) is 43.6 Å². The SMILES string of the molecule is CCC(=O)CCC1(C)CCC(=O)[C@@H]2[C@@H]1CC(=O)[C@]1(C)C([C@H](C)CCC(=O)OCCCC(=O)OC(C(F)(F)F)C(F)(F)S(=O)(=O)O)CC[C@@H]21. The van der Waals surface area contributed by atoms with Gasteiger partial charge in [0.2, 0.25) is 0 Å². The Kier molecular flexibility index (Phi) is 12.3. The van der Waals surface area contributed by atoms with Crippen molar-refractivity contribution in [3.05, 3.63) is 0 Å². The summed E-state index contributed by atoms with van der Waals surface area (Å²) in [5.41, 5.74) is -1.03. The van der Waals surface area contributed by atoms with E-state index >= 15 is 0 Å². The Bertz CT molecular complexity index is 1360. The molecule has 0 aromatic rings. The molecule has 0 amide bonds. The van der Waals surface area contributed by atoms with Crippen molar-refractivity contribution in [1.82, 2.24) is 0 Å². The Hall–Kier alpha value is -2.49. The first-order valence-electron chi connectivity index (χ1n) is 16.3. The highest BCUT2D eigenvalue weighted by Gasteiger charge is 2.66. The molecule has 0 bridgehead atoms. The molecule has 274 valence electrons. The van der Waals surface area contributed by atoms with Gasteiger partial charge in [0.1, 0.15) is 17.3 Å². The van der Waals surface area contributed by atoms with Crippen LogP contribution in [0.3, 0.4) is 0 Å². The first-order valence-corrected chi connectivity index (χ1v) is 17.8. The maximum absolute atomic E-state index is 13.9. The van der Waals surface area contributed by atoms with Crippen LogP contribution in [0.4, 0.5) is 22.0 Å². The Labute approximate surface area is 277 Å². The molecule has 3 fully saturated rings. The van der Waals surface area contributed by atoms with Crippen LogP contribution in [0.1, 0.15) is 105 Å². The van der Waals surface area contributed by atoms with Gasteiger partial charge in [0.25, 0.3) is 6.10 Å². The molecule has 48 heavy (non-hydrogen) atoms. The number of ether oxygens (including phenoxy) is 2. The average Bonchev–Trinajstić information content (AvgIpc) is 3.35. The Morgan fingerprint density at radius 3 is 2.23 bits per heavy atom. The van der Waals surface area contributed by atoms with Gasteiger partial charge in [-0.1, -0.05) is 27.7 Å². The number of hydrogen-bond acceptors (Lipinski definition) is 9. The quantitative estimate of drug-likeness (QED) is 0.0916. The van der Waals surface area contributed by atoms with E-state index in [1.165, 1.54) is 0 Å². The van der Waals surface area contributed by atoms with Gasteiger partial charge in [0.05, 0.1) is 6.61 Å². The van der Waals surface area contributed by atoms with E-state index in [2.05, 4.69) is 11.7 Å². The van der Waals surface area contributed by atoms with Crippen LogP contribution in [0.2, 0.25) is 0 Å². The second-order valence-corrected chi connectivity index (χ2v) is 15.6. The number of ketones is 3. The van der Waals surface area contributed by atoms with Crippen molar-refractivity contribution in [1.29, 1.82) is 0 Å². The lowest BCUT2D eigenvalue weighted by molar-refractivity contribution is -0.259. The molecule has 10 nitrogen and oxygen atoms in total. The molecule has 3 unspecified atom stereocenters. The molecular formula is C32H45F5O10S. The van der Waals surface area contributed by atoms with Crippen molar-refractivity contribution in [2.75, 3.05) is 6.61 Å². The minimum Gasteiger partial charge on any atom is -0.466 e. The van der Waals surface area contributed by atoms with Crippen LogP contribution in [0.25, 0.3) is 0 Å². The number of rotatable bonds is 15. The van der Waals surface area contributed by atoms with Gasteiger partial charge in [-0.2, -0.15) is 30.4 Å². The monoisotopic (exact) mass is 716 g/mol. The van der Waals surface area contributed by atoms with Crippen molar-refractivity contribution in [3.63, 3.8) is 0 Å². The Morgan fingerprint density at radius 2 is 1.65 bits per heavy atom. The van der Waals surface area contributed by atoms with E-state index < -0.39 is 64.5 Å². The third kappa shape index (κ3) is 8.27. The topological polar surface area (TPSA) is 158 Å². The molecule has 0 radical (unpaired) electrons. The number of carbonyl (C=O) groups is 5.